The van der Waals surface area contributed by atoms with Crippen molar-refractivity contribution in [1.29, 1.82) is 0 Å². The largest absolute Gasteiger partial charge is 0.467 e. The highest BCUT2D eigenvalue weighted by atomic mass is 19.4. The molecule has 0 saturated carbocycles. The van der Waals surface area contributed by atoms with E-state index in [1.807, 2.05) is 13.8 Å². The quantitative estimate of drug-likeness (QED) is 0.419. The molecule has 172 valence electrons. The van der Waals surface area contributed by atoms with Gasteiger partial charge in [-0.3, -0.25) is 0 Å². The number of alkyl halides is 3. The predicted molar refractivity (Wildman–Crippen MR) is 111 cm³/mol. The molecule has 0 aliphatic carbocycles. The van der Waals surface area contributed by atoms with Crippen molar-refractivity contribution >= 4 is 18.3 Å². The third-order valence-electron chi connectivity index (χ3n) is 4.24. The Kier molecular flexibility index (Phi) is 8.95. The van der Waals surface area contributed by atoms with Crippen LogP contribution in [0.5, 0.6) is 0 Å². The monoisotopic (exact) mass is 451 g/mol. The van der Waals surface area contributed by atoms with E-state index in [1.165, 1.54) is 25.5 Å². The second kappa shape index (κ2) is 11.4. The average Bonchev–Trinajstić information content (AvgIpc) is 2.75. The summed E-state index contributed by atoms with van der Waals surface area (Å²) >= 11 is 0. The first-order valence-corrected chi connectivity index (χ1v) is 9.77. The number of carbonyl (C=O) groups excluding carboxylic acids is 2. The van der Waals surface area contributed by atoms with Gasteiger partial charge in [-0.1, -0.05) is 36.4 Å². The van der Waals surface area contributed by atoms with Gasteiger partial charge in [0.25, 0.3) is 0 Å². The molecule has 2 aromatic rings. The van der Waals surface area contributed by atoms with Crippen molar-refractivity contribution in [2.24, 2.45) is 4.99 Å². The lowest BCUT2D eigenvalue weighted by molar-refractivity contribution is -0.156. The molecule has 0 saturated heterocycles. The second-order valence-corrected chi connectivity index (χ2v) is 7.15. The summed E-state index contributed by atoms with van der Waals surface area (Å²) < 4.78 is 53.1. The molecule has 0 unspecified atom stereocenters. The fraction of sp³-hybridized carbons (Fsp3) is 0.348. The molecule has 9 heteroatoms. The SMILES string of the molecule is COC(=O)[C@H](Cc1cccc(/C=N/C(=O)OCc2ccc(C(F)(F)F)cc2)c1)OC(C)C. The van der Waals surface area contributed by atoms with Gasteiger partial charge in [-0.15, -0.1) is 0 Å². The van der Waals surface area contributed by atoms with Crippen molar-refractivity contribution in [2.45, 2.75) is 45.3 Å². The molecular formula is C23H24F3NO5. The summed E-state index contributed by atoms with van der Waals surface area (Å²) in [5.41, 5.74) is 1.01. The van der Waals surface area contributed by atoms with Crippen LogP contribution in [0.2, 0.25) is 0 Å². The highest BCUT2D eigenvalue weighted by Crippen LogP contribution is 2.29. The van der Waals surface area contributed by atoms with E-state index < -0.39 is 29.9 Å². The van der Waals surface area contributed by atoms with Crippen LogP contribution in [0.4, 0.5) is 18.0 Å². The fourth-order valence-corrected chi connectivity index (χ4v) is 2.76. The third kappa shape index (κ3) is 8.14. The molecule has 2 aromatic carbocycles. The molecule has 0 aliphatic rings. The predicted octanol–water partition coefficient (Wildman–Crippen LogP) is 4.97. The molecular weight excluding hydrogens is 427 g/mol. The number of carbonyl (C=O) groups is 2. The number of hydrogen-bond acceptors (Lipinski definition) is 5. The first-order chi connectivity index (χ1) is 15.1. The lowest BCUT2D eigenvalue weighted by Crippen LogP contribution is -2.30. The zero-order valence-electron chi connectivity index (χ0n) is 17.9. The fourth-order valence-electron chi connectivity index (χ4n) is 2.76. The Balaban J connectivity index is 1.95. The van der Waals surface area contributed by atoms with Crippen LogP contribution >= 0.6 is 0 Å². The van der Waals surface area contributed by atoms with Gasteiger partial charge in [-0.2, -0.15) is 18.2 Å². The summed E-state index contributed by atoms with van der Waals surface area (Å²) in [6.45, 7) is 3.42. The topological polar surface area (TPSA) is 74.2 Å². The van der Waals surface area contributed by atoms with Gasteiger partial charge >= 0.3 is 18.2 Å². The van der Waals surface area contributed by atoms with Gasteiger partial charge in [0.15, 0.2) is 6.10 Å². The van der Waals surface area contributed by atoms with Crippen molar-refractivity contribution in [3.8, 4) is 0 Å². The van der Waals surface area contributed by atoms with Crippen molar-refractivity contribution in [3.63, 3.8) is 0 Å². The van der Waals surface area contributed by atoms with Crippen LogP contribution in [0.15, 0.2) is 53.5 Å². The zero-order valence-corrected chi connectivity index (χ0v) is 17.9. The van der Waals surface area contributed by atoms with Crippen LogP contribution < -0.4 is 0 Å². The normalized spacial score (nSPS) is 12.7. The van der Waals surface area contributed by atoms with Crippen LogP contribution in [0.1, 0.15) is 36.1 Å². The average molecular weight is 451 g/mol. The van der Waals surface area contributed by atoms with E-state index in [1.54, 1.807) is 24.3 Å². The van der Waals surface area contributed by atoms with Gasteiger partial charge in [0.1, 0.15) is 6.61 Å². The molecule has 0 bridgehead atoms. The molecule has 0 N–H and O–H groups in total. The minimum atomic E-state index is -4.42. The van der Waals surface area contributed by atoms with E-state index in [4.69, 9.17) is 14.2 Å². The molecule has 6 nitrogen and oxygen atoms in total. The number of hydrogen-bond donors (Lipinski definition) is 0. The molecule has 0 fully saturated rings. The maximum Gasteiger partial charge on any atom is 0.433 e. The number of nitrogens with zero attached hydrogens (tertiary/aromatic N) is 1. The van der Waals surface area contributed by atoms with Crippen LogP contribution in [-0.2, 0) is 38.2 Å². The summed E-state index contributed by atoms with van der Waals surface area (Å²) in [7, 11) is 1.29. The Morgan fingerprint density at radius 1 is 1.06 bits per heavy atom. The summed E-state index contributed by atoms with van der Waals surface area (Å²) in [6, 6.07) is 11.3. The first kappa shape index (κ1) is 25.1. The number of amides is 1. The molecule has 2 rings (SSSR count). The highest BCUT2D eigenvalue weighted by Gasteiger charge is 2.29. The summed E-state index contributed by atoms with van der Waals surface area (Å²) in [6.07, 6.45) is -4.65. The van der Waals surface area contributed by atoms with E-state index in [0.717, 1.165) is 17.7 Å². The van der Waals surface area contributed by atoms with Gasteiger partial charge in [-0.25, -0.2) is 9.59 Å². The van der Waals surface area contributed by atoms with Gasteiger partial charge in [0, 0.05) is 12.6 Å². The van der Waals surface area contributed by atoms with Crippen molar-refractivity contribution in [2.75, 3.05) is 7.11 Å². The molecule has 0 spiro atoms. The number of esters is 1. The number of methoxy groups -OCH3 is 1. The maximum atomic E-state index is 12.6. The van der Waals surface area contributed by atoms with E-state index in [0.29, 0.717) is 11.1 Å². The first-order valence-electron chi connectivity index (χ1n) is 9.77. The Hall–Kier alpha value is -3.20. The molecule has 0 radical (unpaired) electrons. The Bertz CT molecular complexity index is 939. The van der Waals surface area contributed by atoms with Crippen molar-refractivity contribution in [1.82, 2.24) is 0 Å². The van der Waals surface area contributed by atoms with E-state index in [-0.39, 0.29) is 19.1 Å². The van der Waals surface area contributed by atoms with Crippen LogP contribution in [0.3, 0.4) is 0 Å². The zero-order chi connectivity index (χ0) is 23.7. The van der Waals surface area contributed by atoms with Crippen LogP contribution in [0, 0.1) is 0 Å². The summed E-state index contributed by atoms with van der Waals surface area (Å²) in [5.74, 6) is -0.482. The standard InChI is InChI=1S/C23H24F3NO5/c1-15(2)32-20(21(28)30-3)12-17-5-4-6-18(11-17)13-27-22(29)31-14-16-7-9-19(10-8-16)23(24,25)26/h4-11,13,15,20H,12,14H2,1-3H3/b27-13+/t20-/m0/s1. The lowest BCUT2D eigenvalue weighted by Gasteiger charge is -2.18. The molecule has 1 amide bonds. The number of aliphatic imine (C=N–C) groups is 1. The van der Waals surface area contributed by atoms with Gasteiger partial charge in [0.05, 0.1) is 18.8 Å². The number of rotatable bonds is 8. The number of ether oxygens (including phenoxy) is 3. The summed E-state index contributed by atoms with van der Waals surface area (Å²) in [5, 5.41) is 0. The number of halogens is 3. The maximum absolute atomic E-state index is 12.6. The minimum absolute atomic E-state index is 0.164. The smallest absolute Gasteiger partial charge is 0.433 e. The van der Waals surface area contributed by atoms with E-state index in [9.17, 15) is 22.8 Å². The minimum Gasteiger partial charge on any atom is -0.467 e. The Labute approximate surface area is 184 Å². The van der Waals surface area contributed by atoms with Crippen molar-refractivity contribution < 1.29 is 37.0 Å². The molecule has 0 aromatic heterocycles. The Morgan fingerprint density at radius 3 is 2.34 bits per heavy atom. The Morgan fingerprint density at radius 2 is 1.75 bits per heavy atom. The van der Waals surface area contributed by atoms with Crippen LogP contribution in [-0.4, -0.2) is 37.6 Å². The molecule has 32 heavy (non-hydrogen) atoms. The van der Waals surface area contributed by atoms with Gasteiger partial charge < -0.3 is 14.2 Å². The van der Waals surface area contributed by atoms with Crippen LogP contribution in [0.25, 0.3) is 0 Å². The molecule has 0 heterocycles. The van der Waals surface area contributed by atoms with Crippen molar-refractivity contribution in [3.05, 3.63) is 70.8 Å². The summed E-state index contributed by atoms with van der Waals surface area (Å²) in [4.78, 5) is 27.5. The second-order valence-electron chi connectivity index (χ2n) is 7.15. The van der Waals surface area contributed by atoms with Gasteiger partial charge in [0.2, 0.25) is 0 Å². The third-order valence-corrected chi connectivity index (χ3v) is 4.24. The number of benzene rings is 2. The lowest BCUT2D eigenvalue weighted by atomic mass is 10.1. The van der Waals surface area contributed by atoms with E-state index >= 15 is 0 Å². The van der Waals surface area contributed by atoms with Gasteiger partial charge in [-0.05, 0) is 42.7 Å². The highest BCUT2D eigenvalue weighted by molar-refractivity contribution is 5.89. The van der Waals surface area contributed by atoms with E-state index in [2.05, 4.69) is 4.99 Å². The molecule has 1 atom stereocenters. The molecule has 0 aliphatic heterocycles.